The second-order valence-electron chi connectivity index (χ2n) is 6.34. The van der Waals surface area contributed by atoms with Crippen molar-refractivity contribution >= 4 is 66.8 Å². The van der Waals surface area contributed by atoms with Crippen LogP contribution in [0, 0.1) is 11.3 Å². The van der Waals surface area contributed by atoms with E-state index in [0.717, 1.165) is 4.47 Å². The average Bonchev–Trinajstić information content (AvgIpc) is 3.21. The molecule has 164 valence electrons. The van der Waals surface area contributed by atoms with E-state index in [0.29, 0.717) is 16.5 Å². The van der Waals surface area contributed by atoms with Gasteiger partial charge in [-0.1, -0.05) is 39.1 Å². The van der Waals surface area contributed by atoms with Gasteiger partial charge in [0, 0.05) is 16.2 Å². The van der Waals surface area contributed by atoms with E-state index in [1.807, 2.05) is 0 Å². The van der Waals surface area contributed by atoms with Crippen molar-refractivity contribution in [2.45, 2.75) is 11.4 Å². The Labute approximate surface area is 202 Å². The molecule has 11 heteroatoms. The summed E-state index contributed by atoms with van der Waals surface area (Å²) in [4.78, 5) is 12.5. The predicted octanol–water partition coefficient (Wildman–Crippen LogP) is 5.37. The van der Waals surface area contributed by atoms with Gasteiger partial charge in [-0.2, -0.15) is 5.26 Å². The van der Waals surface area contributed by atoms with Crippen molar-refractivity contribution in [2.24, 2.45) is 0 Å². The highest BCUT2D eigenvalue weighted by molar-refractivity contribution is 9.10. The summed E-state index contributed by atoms with van der Waals surface area (Å²) in [7, 11) is -3.73. The van der Waals surface area contributed by atoms with Crippen LogP contribution in [0.5, 0.6) is 0 Å². The topological polar surface area (TPSA) is 112 Å². The van der Waals surface area contributed by atoms with Gasteiger partial charge in [0.15, 0.2) is 0 Å². The highest BCUT2D eigenvalue weighted by Crippen LogP contribution is 2.25. The van der Waals surface area contributed by atoms with Gasteiger partial charge in [0.2, 0.25) is 10.0 Å². The molecule has 7 nitrogen and oxygen atoms in total. The van der Waals surface area contributed by atoms with E-state index in [-0.39, 0.29) is 27.8 Å². The van der Waals surface area contributed by atoms with Crippen molar-refractivity contribution in [1.29, 1.82) is 5.26 Å². The molecule has 0 bridgehead atoms. The van der Waals surface area contributed by atoms with Gasteiger partial charge < -0.3 is 9.73 Å². The van der Waals surface area contributed by atoms with Crippen molar-refractivity contribution in [3.63, 3.8) is 0 Å². The van der Waals surface area contributed by atoms with Crippen LogP contribution in [-0.4, -0.2) is 14.3 Å². The number of rotatable bonds is 7. The van der Waals surface area contributed by atoms with Crippen molar-refractivity contribution < 1.29 is 17.6 Å². The number of carbonyl (C=O) groups excluding carboxylic acids is 1. The van der Waals surface area contributed by atoms with Crippen LogP contribution in [0.25, 0.3) is 6.08 Å². The lowest BCUT2D eigenvalue weighted by Gasteiger charge is -2.06. The number of anilines is 1. The molecule has 32 heavy (non-hydrogen) atoms. The zero-order valence-corrected chi connectivity index (χ0v) is 20.0. The number of furan rings is 1. The molecule has 2 N–H and O–H groups in total. The second-order valence-corrected chi connectivity index (χ2v) is 9.83. The maximum atomic E-state index is 12.4. The summed E-state index contributed by atoms with van der Waals surface area (Å²) in [5, 5.41) is 12.5. The Morgan fingerprint density at radius 3 is 2.47 bits per heavy atom. The van der Waals surface area contributed by atoms with Crippen LogP contribution in [0.2, 0.25) is 10.0 Å². The lowest BCUT2D eigenvalue weighted by Crippen LogP contribution is -2.22. The number of hydrogen-bond acceptors (Lipinski definition) is 5. The monoisotopic (exact) mass is 553 g/mol. The van der Waals surface area contributed by atoms with E-state index >= 15 is 0 Å². The van der Waals surface area contributed by atoms with Gasteiger partial charge in [0.1, 0.15) is 23.2 Å². The van der Waals surface area contributed by atoms with E-state index in [1.54, 1.807) is 30.3 Å². The molecule has 0 spiro atoms. The van der Waals surface area contributed by atoms with Crippen LogP contribution in [0.15, 0.2) is 74.0 Å². The number of benzene rings is 2. The zero-order valence-electron chi connectivity index (χ0n) is 16.1. The standard InChI is InChI=1S/C21H14BrCl2N3O4S/c22-14-1-6-18(7-2-14)32(29,30)26-12-17-5-4-16(31-17)9-13(11-25)21(28)27-15-3-8-19(23)20(24)10-15/h1-10,26H,12H2,(H,27,28)/b13-9-. The van der Waals surface area contributed by atoms with E-state index in [4.69, 9.17) is 27.6 Å². The Morgan fingerprint density at radius 1 is 1.09 bits per heavy atom. The number of halogens is 3. The molecule has 3 aromatic rings. The third kappa shape index (κ3) is 6.22. The molecule has 0 atom stereocenters. The number of amides is 1. The minimum absolute atomic E-state index is 0.108. The Morgan fingerprint density at radius 2 is 1.81 bits per heavy atom. The number of nitriles is 1. The molecule has 0 unspecified atom stereocenters. The van der Waals surface area contributed by atoms with E-state index in [2.05, 4.69) is 26.0 Å². The van der Waals surface area contributed by atoms with Gasteiger partial charge in [0.25, 0.3) is 5.91 Å². The minimum Gasteiger partial charge on any atom is -0.460 e. The summed E-state index contributed by atoms with van der Waals surface area (Å²) < 4.78 is 33.4. The van der Waals surface area contributed by atoms with E-state index in [1.165, 1.54) is 36.4 Å². The van der Waals surface area contributed by atoms with E-state index < -0.39 is 15.9 Å². The number of sulfonamides is 1. The number of hydrogen-bond donors (Lipinski definition) is 2. The maximum absolute atomic E-state index is 12.4. The van der Waals surface area contributed by atoms with Crippen LogP contribution >= 0.6 is 39.1 Å². The Balaban J connectivity index is 1.67. The van der Waals surface area contributed by atoms with Gasteiger partial charge in [-0.25, -0.2) is 13.1 Å². The molecular formula is C21H14BrCl2N3O4S. The number of nitrogens with one attached hydrogen (secondary N) is 2. The highest BCUT2D eigenvalue weighted by Gasteiger charge is 2.15. The fraction of sp³-hybridized carbons (Fsp3) is 0.0476. The van der Waals surface area contributed by atoms with Gasteiger partial charge in [-0.05, 0) is 54.6 Å². The van der Waals surface area contributed by atoms with Crippen LogP contribution in [0.1, 0.15) is 11.5 Å². The first-order valence-corrected chi connectivity index (χ1v) is 11.9. The zero-order chi connectivity index (χ0) is 23.3. The molecule has 3 rings (SSSR count). The largest absolute Gasteiger partial charge is 0.460 e. The Kier molecular flexibility index (Phi) is 7.77. The van der Waals surface area contributed by atoms with Crippen LogP contribution in [0.4, 0.5) is 5.69 Å². The minimum atomic E-state index is -3.73. The Bertz CT molecular complexity index is 1330. The fourth-order valence-corrected chi connectivity index (χ4v) is 4.05. The van der Waals surface area contributed by atoms with Crippen LogP contribution in [-0.2, 0) is 21.4 Å². The van der Waals surface area contributed by atoms with Crippen molar-refractivity contribution in [3.05, 3.63) is 86.2 Å². The fourth-order valence-electron chi connectivity index (χ4n) is 2.49. The second kappa shape index (κ2) is 10.3. The molecule has 0 radical (unpaired) electrons. The molecule has 0 aliphatic carbocycles. The van der Waals surface area contributed by atoms with Gasteiger partial charge in [-0.3, -0.25) is 4.79 Å². The molecule has 1 aromatic heterocycles. The van der Waals surface area contributed by atoms with Crippen LogP contribution in [0.3, 0.4) is 0 Å². The molecule has 0 saturated heterocycles. The maximum Gasteiger partial charge on any atom is 0.266 e. The summed E-state index contributed by atoms with van der Waals surface area (Å²) in [6.07, 6.45) is 1.25. The first-order valence-electron chi connectivity index (χ1n) is 8.90. The normalized spacial score (nSPS) is 11.8. The average molecular weight is 555 g/mol. The third-order valence-electron chi connectivity index (χ3n) is 4.07. The van der Waals surface area contributed by atoms with Crippen LogP contribution < -0.4 is 10.0 Å². The summed E-state index contributed by atoms with van der Waals surface area (Å²) in [6, 6.07) is 15.6. The SMILES string of the molecule is N#C/C(=C/c1ccc(CNS(=O)(=O)c2ccc(Br)cc2)o1)C(=O)Nc1ccc(Cl)c(Cl)c1. The molecule has 1 amide bonds. The number of nitrogens with zero attached hydrogens (tertiary/aromatic N) is 1. The molecule has 0 aliphatic rings. The molecule has 0 saturated carbocycles. The summed E-state index contributed by atoms with van der Waals surface area (Å²) >= 11 is 15.0. The lowest BCUT2D eigenvalue weighted by atomic mass is 10.2. The smallest absolute Gasteiger partial charge is 0.266 e. The first-order chi connectivity index (χ1) is 15.2. The summed E-state index contributed by atoms with van der Waals surface area (Å²) in [5.74, 6) is -0.150. The highest BCUT2D eigenvalue weighted by atomic mass is 79.9. The Hall–Kier alpha value is -2.61. The number of carbonyl (C=O) groups is 1. The van der Waals surface area contributed by atoms with Gasteiger partial charge in [-0.15, -0.1) is 0 Å². The summed E-state index contributed by atoms with van der Waals surface area (Å²) in [5.41, 5.74) is 0.153. The van der Waals surface area contributed by atoms with E-state index in [9.17, 15) is 18.5 Å². The van der Waals surface area contributed by atoms with Gasteiger partial charge >= 0.3 is 0 Å². The summed E-state index contributed by atoms with van der Waals surface area (Å²) in [6.45, 7) is -0.108. The molecule has 1 heterocycles. The molecule has 0 aliphatic heterocycles. The van der Waals surface area contributed by atoms with Crippen molar-refractivity contribution in [3.8, 4) is 6.07 Å². The first kappa shape index (κ1) is 24.0. The lowest BCUT2D eigenvalue weighted by molar-refractivity contribution is -0.112. The molecule has 2 aromatic carbocycles. The molecular weight excluding hydrogens is 541 g/mol. The molecule has 0 fully saturated rings. The van der Waals surface area contributed by atoms with Crippen molar-refractivity contribution in [2.75, 3.05) is 5.32 Å². The quantitative estimate of drug-likeness (QED) is 0.301. The van der Waals surface area contributed by atoms with Crippen molar-refractivity contribution in [1.82, 2.24) is 4.72 Å². The van der Waals surface area contributed by atoms with Gasteiger partial charge in [0.05, 0.1) is 21.5 Å². The third-order valence-corrected chi connectivity index (χ3v) is 6.76. The predicted molar refractivity (Wildman–Crippen MR) is 126 cm³/mol.